The normalized spacial score (nSPS) is 14.9. The van der Waals surface area contributed by atoms with E-state index in [1.54, 1.807) is 4.90 Å². The predicted molar refractivity (Wildman–Crippen MR) is 81.1 cm³/mol. The summed E-state index contributed by atoms with van der Waals surface area (Å²) in [7, 11) is -3.72. The first-order valence-corrected chi connectivity index (χ1v) is 8.64. The van der Waals surface area contributed by atoms with Crippen molar-refractivity contribution in [3.05, 3.63) is 34.4 Å². The fourth-order valence-corrected chi connectivity index (χ4v) is 3.19. The minimum atomic E-state index is -3.72. The zero-order chi connectivity index (χ0) is 16.3. The second-order valence-corrected chi connectivity index (χ2v) is 7.04. The molecule has 9 heteroatoms. The molecule has 1 saturated heterocycles. The minimum Gasteiger partial charge on any atom is -0.341 e. The largest absolute Gasteiger partial charge is 0.341 e. The topological polar surface area (TPSA) is 101 Å². The number of likely N-dealkylation sites (tertiary alicyclic amines) is 1. The fraction of sp³-hybridized carbons (Fsp3) is 0.462. The smallest absolute Gasteiger partial charge is 0.271 e. The molecule has 1 aromatic carbocycles. The number of nitro benzene ring substituents is 1. The van der Waals surface area contributed by atoms with Crippen molar-refractivity contribution < 1.29 is 18.1 Å². The van der Waals surface area contributed by atoms with E-state index < -0.39 is 14.9 Å². The highest BCUT2D eigenvalue weighted by Crippen LogP contribution is 2.23. The Kier molecular flexibility index (Phi) is 4.65. The molecule has 0 aromatic heterocycles. The first kappa shape index (κ1) is 16.2. The van der Waals surface area contributed by atoms with Crippen LogP contribution in [0.15, 0.2) is 24.3 Å². The van der Waals surface area contributed by atoms with E-state index in [1.807, 2.05) is 0 Å². The number of hydrogen-bond donors (Lipinski definition) is 0. The highest BCUT2D eigenvalue weighted by molar-refractivity contribution is 7.92. The van der Waals surface area contributed by atoms with E-state index in [2.05, 4.69) is 0 Å². The molecule has 8 nitrogen and oxygen atoms in total. The summed E-state index contributed by atoms with van der Waals surface area (Å²) in [6.07, 6.45) is 2.78. The monoisotopic (exact) mass is 327 g/mol. The summed E-state index contributed by atoms with van der Waals surface area (Å²) in [5.74, 6) is -0.297. The van der Waals surface area contributed by atoms with Crippen molar-refractivity contribution >= 4 is 27.3 Å². The average molecular weight is 327 g/mol. The third-order valence-corrected chi connectivity index (χ3v) is 4.61. The molecule has 2 rings (SSSR count). The molecule has 1 fully saturated rings. The van der Waals surface area contributed by atoms with Gasteiger partial charge >= 0.3 is 0 Å². The molecule has 0 aliphatic carbocycles. The molecule has 0 saturated carbocycles. The number of sulfonamides is 1. The van der Waals surface area contributed by atoms with E-state index >= 15 is 0 Å². The van der Waals surface area contributed by atoms with Gasteiger partial charge in [-0.15, -0.1) is 0 Å². The van der Waals surface area contributed by atoms with E-state index in [4.69, 9.17) is 0 Å². The van der Waals surface area contributed by atoms with Gasteiger partial charge < -0.3 is 4.90 Å². The molecule has 1 aliphatic heterocycles. The van der Waals surface area contributed by atoms with E-state index in [0.29, 0.717) is 13.1 Å². The molecule has 22 heavy (non-hydrogen) atoms. The van der Waals surface area contributed by atoms with Gasteiger partial charge in [0.2, 0.25) is 15.9 Å². The zero-order valence-electron chi connectivity index (χ0n) is 12.1. The van der Waals surface area contributed by atoms with Crippen LogP contribution in [0.25, 0.3) is 0 Å². The third-order valence-electron chi connectivity index (χ3n) is 3.47. The molecular formula is C13H17N3O5S. The van der Waals surface area contributed by atoms with Gasteiger partial charge in [0, 0.05) is 25.2 Å². The standard InChI is InChI=1S/C13H17N3O5S/c1-22(20,21)15(10-13(17)14-7-2-3-8-14)11-5-4-6-12(9-11)16(18)19/h4-6,9H,2-3,7-8,10H2,1H3. The van der Waals surface area contributed by atoms with Gasteiger partial charge in [-0.05, 0) is 18.9 Å². The van der Waals surface area contributed by atoms with Gasteiger partial charge in [0.25, 0.3) is 5.69 Å². The number of rotatable bonds is 5. The Morgan fingerprint density at radius 2 is 2.00 bits per heavy atom. The molecule has 1 amide bonds. The molecule has 0 spiro atoms. The van der Waals surface area contributed by atoms with E-state index in [-0.39, 0.29) is 23.8 Å². The van der Waals surface area contributed by atoms with Crippen LogP contribution in [0, 0.1) is 10.1 Å². The molecular weight excluding hydrogens is 310 g/mol. The van der Waals surface area contributed by atoms with E-state index in [1.165, 1.54) is 18.2 Å². The number of carbonyl (C=O) groups is 1. The second-order valence-electron chi connectivity index (χ2n) is 5.13. The molecule has 1 aromatic rings. The molecule has 0 radical (unpaired) electrons. The number of nitro groups is 1. The number of non-ortho nitro benzene ring substituents is 1. The Morgan fingerprint density at radius 3 is 2.55 bits per heavy atom. The van der Waals surface area contributed by atoms with Crippen LogP contribution in [0.5, 0.6) is 0 Å². The van der Waals surface area contributed by atoms with Gasteiger partial charge in [-0.3, -0.25) is 19.2 Å². The van der Waals surface area contributed by atoms with Gasteiger partial charge in [-0.2, -0.15) is 0 Å². The third kappa shape index (κ3) is 3.73. The van der Waals surface area contributed by atoms with Crippen LogP contribution in [-0.2, 0) is 14.8 Å². The van der Waals surface area contributed by atoms with E-state index in [0.717, 1.165) is 29.5 Å². The van der Waals surface area contributed by atoms with Gasteiger partial charge in [0.05, 0.1) is 16.9 Å². The maximum atomic E-state index is 12.2. The van der Waals surface area contributed by atoms with Crippen molar-refractivity contribution in [3.8, 4) is 0 Å². The second kappa shape index (κ2) is 6.30. The maximum absolute atomic E-state index is 12.2. The molecule has 0 unspecified atom stereocenters. The van der Waals surface area contributed by atoms with Crippen LogP contribution in [0.3, 0.4) is 0 Å². The van der Waals surface area contributed by atoms with Crippen LogP contribution in [0.2, 0.25) is 0 Å². The highest BCUT2D eigenvalue weighted by atomic mass is 32.2. The van der Waals surface area contributed by atoms with Crippen molar-refractivity contribution in [1.82, 2.24) is 4.90 Å². The summed E-state index contributed by atoms with van der Waals surface area (Å²) >= 11 is 0. The molecule has 1 aliphatic rings. The van der Waals surface area contributed by atoms with Crippen molar-refractivity contribution in [2.45, 2.75) is 12.8 Å². The van der Waals surface area contributed by atoms with Crippen molar-refractivity contribution in [1.29, 1.82) is 0 Å². The average Bonchev–Trinajstić information content (AvgIpc) is 2.97. The Labute approximate surface area is 128 Å². The van der Waals surface area contributed by atoms with Crippen molar-refractivity contribution in [2.24, 2.45) is 0 Å². The minimum absolute atomic E-state index is 0.115. The first-order chi connectivity index (χ1) is 10.3. The van der Waals surface area contributed by atoms with E-state index in [9.17, 15) is 23.3 Å². The maximum Gasteiger partial charge on any atom is 0.271 e. The SMILES string of the molecule is CS(=O)(=O)N(CC(=O)N1CCCC1)c1cccc([N+](=O)[O-])c1. The molecule has 0 bridgehead atoms. The highest BCUT2D eigenvalue weighted by Gasteiger charge is 2.26. The van der Waals surface area contributed by atoms with Crippen molar-refractivity contribution in [3.63, 3.8) is 0 Å². The quantitative estimate of drug-likeness (QED) is 0.593. The van der Waals surface area contributed by atoms with Crippen LogP contribution >= 0.6 is 0 Å². The summed E-state index contributed by atoms with van der Waals surface area (Å²) < 4.78 is 24.8. The van der Waals surface area contributed by atoms with Crippen molar-refractivity contribution in [2.75, 3.05) is 30.2 Å². The number of hydrogen-bond acceptors (Lipinski definition) is 5. The number of anilines is 1. The first-order valence-electron chi connectivity index (χ1n) is 6.79. The lowest BCUT2D eigenvalue weighted by atomic mass is 10.3. The summed E-state index contributed by atoms with van der Waals surface area (Å²) in [4.78, 5) is 24.0. The lowest BCUT2D eigenvalue weighted by Gasteiger charge is -2.24. The van der Waals surface area contributed by atoms with Gasteiger partial charge in [-0.1, -0.05) is 6.07 Å². The number of nitrogens with zero attached hydrogens (tertiary/aromatic N) is 3. The summed E-state index contributed by atoms with van der Waals surface area (Å²) in [6, 6.07) is 5.25. The Hall–Kier alpha value is -2.16. The van der Waals surface area contributed by atoms with Crippen LogP contribution in [-0.4, -0.2) is 50.0 Å². The Bertz CT molecular complexity index is 683. The van der Waals surface area contributed by atoms with Gasteiger partial charge in [0.1, 0.15) is 6.54 Å². The Balaban J connectivity index is 2.28. The summed E-state index contributed by atoms with van der Waals surface area (Å²) in [5.41, 5.74) is -0.107. The number of amides is 1. The Morgan fingerprint density at radius 1 is 1.36 bits per heavy atom. The molecule has 0 N–H and O–H groups in total. The lowest BCUT2D eigenvalue weighted by molar-refractivity contribution is -0.384. The van der Waals surface area contributed by atoms with Crippen LogP contribution in [0.1, 0.15) is 12.8 Å². The summed E-state index contributed by atoms with van der Waals surface area (Å²) in [6.45, 7) is 0.886. The zero-order valence-corrected chi connectivity index (χ0v) is 13.0. The molecule has 0 atom stereocenters. The molecule has 1 heterocycles. The van der Waals surface area contributed by atoms with Gasteiger partial charge in [0.15, 0.2) is 0 Å². The number of benzene rings is 1. The summed E-state index contributed by atoms with van der Waals surface area (Å²) in [5, 5.41) is 10.8. The van der Waals surface area contributed by atoms with Gasteiger partial charge in [-0.25, -0.2) is 8.42 Å². The van der Waals surface area contributed by atoms with Crippen LogP contribution in [0.4, 0.5) is 11.4 Å². The lowest BCUT2D eigenvalue weighted by Crippen LogP contribution is -2.41. The van der Waals surface area contributed by atoms with Crippen LogP contribution < -0.4 is 4.31 Å². The molecule has 120 valence electrons. The number of carbonyl (C=O) groups excluding carboxylic acids is 1. The predicted octanol–water partition coefficient (Wildman–Crippen LogP) is 0.983. The fourth-order valence-electron chi connectivity index (χ4n) is 2.35.